The van der Waals surface area contributed by atoms with Gasteiger partial charge in [0.05, 0.1) is 38.9 Å². The molecule has 10 heteroatoms. The highest BCUT2D eigenvalue weighted by Crippen LogP contribution is 2.07. The van der Waals surface area contributed by atoms with Crippen LogP contribution in [0.5, 0.6) is 0 Å². The molecule has 1 atom stereocenters. The van der Waals surface area contributed by atoms with Gasteiger partial charge in [-0.3, -0.25) is 14.4 Å². The molecule has 0 aliphatic rings. The zero-order valence-electron chi connectivity index (χ0n) is 14.6. The summed E-state index contributed by atoms with van der Waals surface area (Å²) in [5, 5.41) is 14.6. The second-order valence-electron chi connectivity index (χ2n) is 5.58. The molecule has 0 fully saturated rings. The van der Waals surface area contributed by atoms with E-state index in [0.717, 1.165) is 0 Å². The maximum Gasteiger partial charge on any atom is 0.303 e. The number of ketones is 1. The molecule has 0 aromatic carbocycles. The van der Waals surface area contributed by atoms with Crippen molar-refractivity contribution in [3.8, 4) is 0 Å². The van der Waals surface area contributed by atoms with Gasteiger partial charge in [-0.1, -0.05) is 19.0 Å². The molecule has 0 saturated carbocycles. The molecule has 142 valence electrons. The van der Waals surface area contributed by atoms with Gasteiger partial charge in [-0.25, -0.2) is 0 Å². The number of nitrogens with one attached hydrogen (secondary N) is 1. The fourth-order valence-electron chi connectivity index (χ4n) is 1.89. The molecule has 0 unspecified atom stereocenters. The molecule has 1 amide bonds. The predicted molar refractivity (Wildman–Crippen MR) is 88.9 cm³/mol. The van der Waals surface area contributed by atoms with E-state index >= 15 is 0 Å². The van der Waals surface area contributed by atoms with Crippen LogP contribution in [0.1, 0.15) is 33.1 Å². The monoisotopic (exact) mass is 358 g/mol. The highest BCUT2D eigenvalue weighted by molar-refractivity contribution is 5.90. The molecule has 0 aromatic rings. The summed E-state index contributed by atoms with van der Waals surface area (Å²) < 4.78 is 10.4. The molecule has 0 rings (SSSR count). The van der Waals surface area contributed by atoms with Gasteiger partial charge < -0.3 is 19.9 Å². The fourth-order valence-corrected chi connectivity index (χ4v) is 1.89. The van der Waals surface area contributed by atoms with Gasteiger partial charge in [-0.2, -0.15) is 0 Å². The van der Waals surface area contributed by atoms with Crippen molar-refractivity contribution >= 4 is 17.7 Å². The van der Waals surface area contributed by atoms with Gasteiger partial charge in [0.2, 0.25) is 5.91 Å². The van der Waals surface area contributed by atoms with Crippen molar-refractivity contribution in [1.29, 1.82) is 0 Å². The first kappa shape index (κ1) is 22.8. The van der Waals surface area contributed by atoms with Gasteiger partial charge in [0, 0.05) is 24.3 Å². The lowest BCUT2D eigenvalue weighted by Gasteiger charge is -2.21. The molecule has 0 aliphatic heterocycles. The van der Waals surface area contributed by atoms with Gasteiger partial charge in [-0.05, 0) is 11.4 Å². The Balaban J connectivity index is 3.94. The minimum absolute atomic E-state index is 0.0914. The van der Waals surface area contributed by atoms with Crippen molar-refractivity contribution in [2.24, 2.45) is 11.0 Å². The third-order valence-corrected chi connectivity index (χ3v) is 3.16. The summed E-state index contributed by atoms with van der Waals surface area (Å²) in [6.07, 6.45) is -0.267. The molecule has 0 aromatic heterocycles. The van der Waals surface area contributed by atoms with Crippen molar-refractivity contribution < 1.29 is 29.0 Å². The summed E-state index contributed by atoms with van der Waals surface area (Å²) in [6.45, 7) is 4.94. The first-order valence-corrected chi connectivity index (χ1v) is 8.08. The maximum absolute atomic E-state index is 12.0. The summed E-state index contributed by atoms with van der Waals surface area (Å²) in [6, 6.07) is -0.698. The second-order valence-corrected chi connectivity index (χ2v) is 5.58. The normalized spacial score (nSPS) is 11.6. The minimum atomic E-state index is -1.04. The number of azide groups is 1. The summed E-state index contributed by atoms with van der Waals surface area (Å²) in [7, 11) is 0. The van der Waals surface area contributed by atoms with Crippen LogP contribution in [0.25, 0.3) is 10.4 Å². The Hall–Kier alpha value is -2.16. The lowest BCUT2D eigenvalue weighted by molar-refractivity contribution is -0.139. The molecule has 0 bridgehead atoms. The number of ether oxygens (including phenoxy) is 2. The molecule has 0 radical (unpaired) electrons. The number of hydrogen-bond donors (Lipinski definition) is 2. The number of nitrogens with zero attached hydrogens (tertiary/aromatic N) is 3. The zero-order chi connectivity index (χ0) is 19.1. The third kappa shape index (κ3) is 12.9. The van der Waals surface area contributed by atoms with Crippen LogP contribution in [0, 0.1) is 5.92 Å². The van der Waals surface area contributed by atoms with E-state index in [1.807, 2.05) is 0 Å². The second kappa shape index (κ2) is 14.2. The Bertz CT molecular complexity index is 477. The van der Waals surface area contributed by atoms with Gasteiger partial charge in [0.1, 0.15) is 0 Å². The summed E-state index contributed by atoms with van der Waals surface area (Å²) >= 11 is 0. The van der Waals surface area contributed by atoms with Gasteiger partial charge in [0.25, 0.3) is 0 Å². The van der Waals surface area contributed by atoms with Gasteiger partial charge in [0.15, 0.2) is 5.78 Å². The van der Waals surface area contributed by atoms with E-state index in [-0.39, 0.29) is 50.0 Å². The van der Waals surface area contributed by atoms with E-state index in [1.165, 1.54) is 0 Å². The number of hydrogen-bond acceptors (Lipinski definition) is 6. The Morgan fingerprint density at radius 1 is 1.08 bits per heavy atom. The first-order valence-electron chi connectivity index (χ1n) is 8.08. The number of carbonyl (C=O) groups excluding carboxylic acids is 2. The average molecular weight is 358 g/mol. The average Bonchev–Trinajstić information content (AvgIpc) is 2.55. The number of rotatable bonds is 15. The van der Waals surface area contributed by atoms with Crippen molar-refractivity contribution in [2.45, 2.75) is 39.2 Å². The topological polar surface area (TPSA) is 151 Å². The molecule has 0 saturated heterocycles. The lowest BCUT2D eigenvalue weighted by Crippen LogP contribution is -2.44. The summed E-state index contributed by atoms with van der Waals surface area (Å²) in [5.41, 5.74) is 8.07. The molecule has 2 N–H and O–H groups in total. The zero-order valence-corrected chi connectivity index (χ0v) is 14.6. The molecular formula is C15H26N4O6. The molecular weight excluding hydrogens is 332 g/mol. The van der Waals surface area contributed by atoms with Crippen molar-refractivity contribution in [2.75, 3.05) is 33.0 Å². The van der Waals surface area contributed by atoms with Gasteiger partial charge >= 0.3 is 5.97 Å². The third-order valence-electron chi connectivity index (χ3n) is 3.16. The van der Waals surface area contributed by atoms with Crippen LogP contribution in [-0.4, -0.2) is 61.8 Å². The standard InChI is InChI=1S/C15H26N4O6/c1-11(2)15(12(20)3-4-14(22)23)18-13(21)5-7-24-9-10-25-8-6-17-19-16/h11,15H,3-10H2,1-2H3,(H,18,21)(H,22,23)/t15-/m0/s1. The van der Waals surface area contributed by atoms with E-state index in [9.17, 15) is 14.4 Å². The van der Waals surface area contributed by atoms with Crippen LogP contribution in [0.15, 0.2) is 5.11 Å². The molecule has 25 heavy (non-hydrogen) atoms. The number of aliphatic carboxylic acids is 1. The Kier molecular flexibility index (Phi) is 13.0. The molecule has 0 aliphatic carbocycles. The first-order chi connectivity index (χ1) is 11.9. The lowest BCUT2D eigenvalue weighted by atomic mass is 9.96. The van der Waals surface area contributed by atoms with E-state index in [1.54, 1.807) is 13.8 Å². The van der Waals surface area contributed by atoms with E-state index in [4.69, 9.17) is 20.1 Å². The number of Topliss-reactive ketones (excluding diaryl/α,β-unsaturated/α-hetero) is 1. The quantitative estimate of drug-likeness (QED) is 0.195. The molecule has 10 nitrogen and oxygen atoms in total. The Morgan fingerprint density at radius 2 is 1.72 bits per heavy atom. The number of carboxylic acids is 1. The van der Waals surface area contributed by atoms with Crippen LogP contribution < -0.4 is 5.32 Å². The molecule has 0 spiro atoms. The smallest absolute Gasteiger partial charge is 0.303 e. The van der Waals surface area contributed by atoms with Crippen molar-refractivity contribution in [1.82, 2.24) is 5.32 Å². The molecule has 0 heterocycles. The summed E-state index contributed by atoms with van der Waals surface area (Å²) in [4.78, 5) is 37.0. The largest absolute Gasteiger partial charge is 0.481 e. The predicted octanol–water partition coefficient (Wildman–Crippen LogP) is 1.29. The summed E-state index contributed by atoms with van der Waals surface area (Å²) in [5.74, 6) is -1.79. The number of carboxylic acid groups (broad SMARTS) is 1. The maximum atomic E-state index is 12.0. The van der Waals surface area contributed by atoms with Crippen LogP contribution >= 0.6 is 0 Å². The van der Waals surface area contributed by atoms with Crippen molar-refractivity contribution in [3.63, 3.8) is 0 Å². The van der Waals surface area contributed by atoms with Crippen LogP contribution in [0.2, 0.25) is 0 Å². The Labute approximate surface area is 146 Å². The fraction of sp³-hybridized carbons (Fsp3) is 0.800. The van der Waals surface area contributed by atoms with Gasteiger partial charge in [-0.15, -0.1) is 0 Å². The van der Waals surface area contributed by atoms with Crippen LogP contribution in [-0.2, 0) is 23.9 Å². The van der Waals surface area contributed by atoms with E-state index in [2.05, 4.69) is 15.3 Å². The Morgan fingerprint density at radius 3 is 2.28 bits per heavy atom. The number of carbonyl (C=O) groups is 3. The van der Waals surface area contributed by atoms with E-state index in [0.29, 0.717) is 19.8 Å². The van der Waals surface area contributed by atoms with Crippen LogP contribution in [0.3, 0.4) is 0 Å². The van der Waals surface area contributed by atoms with E-state index < -0.39 is 12.0 Å². The van der Waals surface area contributed by atoms with Crippen LogP contribution in [0.4, 0.5) is 0 Å². The number of amides is 1. The minimum Gasteiger partial charge on any atom is -0.481 e. The highest BCUT2D eigenvalue weighted by Gasteiger charge is 2.24. The SMILES string of the molecule is CC(C)[C@H](NC(=O)CCOCCOCCN=[N+]=[N-])C(=O)CCC(=O)O. The van der Waals surface area contributed by atoms with Crippen molar-refractivity contribution in [3.05, 3.63) is 10.4 Å². The highest BCUT2D eigenvalue weighted by atomic mass is 16.5.